The summed E-state index contributed by atoms with van der Waals surface area (Å²) in [6.07, 6.45) is 14.3. The van der Waals surface area contributed by atoms with E-state index in [1.807, 2.05) is 0 Å². The van der Waals surface area contributed by atoms with Gasteiger partial charge in [0.2, 0.25) is 0 Å². The fourth-order valence-electron chi connectivity index (χ4n) is 4.76. The van der Waals surface area contributed by atoms with Gasteiger partial charge >= 0.3 is 6.94 Å². The molecule has 144 valence electrons. The molecule has 0 heterocycles. The summed E-state index contributed by atoms with van der Waals surface area (Å²) in [4.78, 5) is 0. The van der Waals surface area contributed by atoms with Crippen LogP contribution in [0, 0.1) is 0 Å². The number of rotatable bonds is 8. The van der Waals surface area contributed by atoms with E-state index in [2.05, 4.69) is 36.4 Å². The second-order valence-electron chi connectivity index (χ2n) is 8.06. The Morgan fingerprint density at radius 2 is 1.89 bits per heavy atom. The van der Waals surface area contributed by atoms with Gasteiger partial charge in [-0.25, -0.2) is 0 Å². The van der Waals surface area contributed by atoms with E-state index in [1.165, 1.54) is 55.9 Å². The van der Waals surface area contributed by atoms with E-state index in [9.17, 15) is 0 Å². The molecule has 27 heavy (non-hydrogen) atoms. The summed E-state index contributed by atoms with van der Waals surface area (Å²) in [5.41, 5.74) is 6.28. The zero-order valence-corrected chi connectivity index (χ0v) is 18.6. The normalized spacial score (nSPS) is 18.3. The molecule has 4 rings (SSSR count). The molecule has 0 aromatic heterocycles. The molecule has 2 aliphatic carbocycles. The molecule has 0 bridgehead atoms. The van der Waals surface area contributed by atoms with Crippen LogP contribution in [-0.2, 0) is 17.3 Å². The van der Waals surface area contributed by atoms with Crippen molar-refractivity contribution in [1.82, 2.24) is 0 Å². The Balaban J connectivity index is 1.41. The van der Waals surface area contributed by atoms with Crippen LogP contribution in [0.2, 0.25) is 6.55 Å². The van der Waals surface area contributed by atoms with Crippen molar-refractivity contribution in [2.45, 2.75) is 63.8 Å². The van der Waals surface area contributed by atoms with Gasteiger partial charge in [0.25, 0.3) is 0 Å². The van der Waals surface area contributed by atoms with Gasteiger partial charge in [-0.1, -0.05) is 49.3 Å². The van der Waals surface area contributed by atoms with Crippen LogP contribution in [0.5, 0.6) is 0 Å². The molecule has 0 radical (unpaired) electrons. The molecule has 2 aliphatic rings. The van der Waals surface area contributed by atoms with E-state index in [0.717, 1.165) is 12.3 Å². The molecule has 2 aromatic carbocycles. The number of hydrogen-bond donors (Lipinski definition) is 0. The molecule has 1 atom stereocenters. The van der Waals surface area contributed by atoms with Gasteiger partial charge in [0.15, 0.2) is 0 Å². The summed E-state index contributed by atoms with van der Waals surface area (Å²) in [5.74, 6) is 0.731. The molecule has 0 N–H and O–H groups in total. The van der Waals surface area contributed by atoms with Crippen LogP contribution in [0.25, 0.3) is 16.8 Å². The molecule has 0 fully saturated rings. The van der Waals surface area contributed by atoms with E-state index in [4.69, 9.17) is 26.6 Å². The number of benzene rings is 2. The Hall–Kier alpha value is -0.803. The van der Waals surface area contributed by atoms with Gasteiger partial charge in [0, 0.05) is 6.61 Å². The first-order chi connectivity index (χ1) is 13.0. The Bertz CT molecular complexity index is 854. The van der Waals surface area contributed by atoms with Crippen LogP contribution in [0.1, 0.15) is 66.7 Å². The fourth-order valence-corrected chi connectivity index (χ4v) is 5.73. The van der Waals surface area contributed by atoms with Crippen molar-refractivity contribution in [3.63, 3.8) is 0 Å². The Morgan fingerprint density at radius 1 is 1.07 bits per heavy atom. The third-order valence-corrected chi connectivity index (χ3v) is 7.40. The molecule has 0 aliphatic heterocycles. The second-order valence-corrected chi connectivity index (χ2v) is 14.9. The summed E-state index contributed by atoms with van der Waals surface area (Å²) >= 11 is 11.9. The fraction of sp³-hybridized carbons (Fsp3) is 0.478. The van der Waals surface area contributed by atoms with E-state index < -0.39 is 6.94 Å². The van der Waals surface area contributed by atoms with Crippen LogP contribution in [0.15, 0.2) is 30.3 Å². The minimum atomic E-state index is -2.38. The predicted octanol–water partition coefficient (Wildman–Crippen LogP) is 7.45. The Kier molecular flexibility index (Phi) is 5.99. The first-order valence-electron chi connectivity index (χ1n) is 10.3. The second kappa shape index (κ2) is 8.29. The first-order valence-corrected chi connectivity index (χ1v) is 14.7. The molecular formula is C23H28Cl2OSi. The lowest BCUT2D eigenvalue weighted by Crippen LogP contribution is -2.19. The third-order valence-electron chi connectivity index (χ3n) is 6.03. The van der Waals surface area contributed by atoms with Crippen molar-refractivity contribution >= 4 is 45.9 Å². The number of hydrogen-bond acceptors (Lipinski definition) is 1. The van der Waals surface area contributed by atoms with Crippen molar-refractivity contribution in [3.8, 4) is 0 Å². The monoisotopic (exact) mass is 418 g/mol. The summed E-state index contributed by atoms with van der Waals surface area (Å²) in [7, 11) is 0. The van der Waals surface area contributed by atoms with Crippen LogP contribution < -0.4 is 0 Å². The molecule has 4 heteroatoms. The molecule has 0 saturated carbocycles. The van der Waals surface area contributed by atoms with Gasteiger partial charge in [0.1, 0.15) is 0 Å². The lowest BCUT2D eigenvalue weighted by atomic mass is 9.74. The van der Waals surface area contributed by atoms with E-state index in [0.29, 0.717) is 6.61 Å². The number of halogens is 2. The van der Waals surface area contributed by atoms with Crippen LogP contribution >= 0.6 is 22.2 Å². The van der Waals surface area contributed by atoms with Gasteiger partial charge in [0.05, 0.1) is 0 Å². The highest BCUT2D eigenvalue weighted by molar-refractivity contribution is 7.41. The molecule has 0 amide bonds. The Morgan fingerprint density at radius 3 is 2.74 bits per heavy atom. The summed E-state index contributed by atoms with van der Waals surface area (Å²) in [5, 5.41) is 3.01. The molecule has 1 unspecified atom stereocenters. The molecule has 2 aromatic rings. The molecular weight excluding hydrogens is 391 g/mol. The van der Waals surface area contributed by atoms with Crippen LogP contribution in [0.3, 0.4) is 0 Å². The first kappa shape index (κ1) is 19.5. The maximum absolute atomic E-state index is 5.97. The zero-order chi connectivity index (χ0) is 18.9. The molecule has 0 saturated heterocycles. The van der Waals surface area contributed by atoms with Crippen LogP contribution in [-0.4, -0.2) is 13.5 Å². The highest BCUT2D eigenvalue weighted by Gasteiger charge is 2.26. The summed E-state index contributed by atoms with van der Waals surface area (Å²) in [6.45, 7) is 0.113. The lowest BCUT2D eigenvalue weighted by Gasteiger charge is -2.30. The highest BCUT2D eigenvalue weighted by Crippen LogP contribution is 2.44. The van der Waals surface area contributed by atoms with Gasteiger partial charge in [-0.2, -0.15) is 0 Å². The number of allylic oxidation sites excluding steroid dienone is 1. The third kappa shape index (κ3) is 4.45. The van der Waals surface area contributed by atoms with Crippen molar-refractivity contribution in [1.29, 1.82) is 0 Å². The minimum Gasteiger partial charge on any atom is -0.392 e. The summed E-state index contributed by atoms with van der Waals surface area (Å²) in [6, 6.07) is 9.34. The molecule has 1 nitrogen and oxygen atoms in total. The minimum absolute atomic E-state index is 0.692. The lowest BCUT2D eigenvalue weighted by molar-refractivity contribution is 0.314. The average Bonchev–Trinajstić information content (AvgIpc) is 2.65. The smallest absolute Gasteiger partial charge is 0.386 e. The predicted molar refractivity (Wildman–Crippen MR) is 120 cm³/mol. The standard InChI is InChI=1S/C23H28Cl2OSi/c1-27(24,25)26-16-5-3-2-4-7-17-10-11-20-13-12-18-8-6-9-19-14-15-21(17)23(20)22(18)19/h6,8,10-13,19H,2-5,7,9,14-16H2,1H3. The van der Waals surface area contributed by atoms with E-state index in [-0.39, 0.29) is 0 Å². The van der Waals surface area contributed by atoms with Crippen molar-refractivity contribution < 1.29 is 4.43 Å². The van der Waals surface area contributed by atoms with Gasteiger partial charge in [-0.05, 0) is 84.0 Å². The molecule has 0 spiro atoms. The zero-order valence-electron chi connectivity index (χ0n) is 16.1. The van der Waals surface area contributed by atoms with Crippen LogP contribution in [0.4, 0.5) is 0 Å². The quantitative estimate of drug-likeness (QED) is 0.245. The van der Waals surface area contributed by atoms with Crippen molar-refractivity contribution in [3.05, 3.63) is 52.6 Å². The largest absolute Gasteiger partial charge is 0.392 e. The van der Waals surface area contributed by atoms with Crippen molar-refractivity contribution in [2.24, 2.45) is 0 Å². The highest BCUT2D eigenvalue weighted by atomic mass is 35.7. The number of aryl methyl sites for hydroxylation is 2. The summed E-state index contributed by atoms with van der Waals surface area (Å²) < 4.78 is 5.50. The number of unbranched alkanes of at least 4 members (excludes halogenated alkanes) is 3. The van der Waals surface area contributed by atoms with Crippen molar-refractivity contribution in [2.75, 3.05) is 6.61 Å². The average molecular weight is 419 g/mol. The van der Waals surface area contributed by atoms with Gasteiger partial charge in [-0.3, -0.25) is 0 Å². The maximum Gasteiger partial charge on any atom is 0.386 e. The maximum atomic E-state index is 5.97. The Labute approximate surface area is 173 Å². The topological polar surface area (TPSA) is 9.23 Å². The van der Waals surface area contributed by atoms with Gasteiger partial charge in [-0.15, -0.1) is 22.2 Å². The SMILES string of the molecule is C[Si](Cl)(Cl)OCCCCCCc1ccc2ccc3c4c2c1CCC4CC=C3. The van der Waals surface area contributed by atoms with E-state index >= 15 is 0 Å². The van der Waals surface area contributed by atoms with E-state index in [1.54, 1.807) is 28.6 Å². The van der Waals surface area contributed by atoms with Gasteiger partial charge < -0.3 is 4.43 Å².